The topological polar surface area (TPSA) is 105 Å². The molecule has 0 bridgehead atoms. The smallest absolute Gasteiger partial charge is 0.264 e. The Bertz CT molecular complexity index is 1380. The van der Waals surface area contributed by atoms with Crippen LogP contribution in [0.3, 0.4) is 0 Å². The predicted molar refractivity (Wildman–Crippen MR) is 146 cm³/mol. The zero-order valence-corrected chi connectivity index (χ0v) is 23.1. The monoisotopic (exact) mass is 557 g/mol. The van der Waals surface area contributed by atoms with Gasteiger partial charge < -0.3 is 19.7 Å². The van der Waals surface area contributed by atoms with Crippen LogP contribution in [0, 0.1) is 5.82 Å². The van der Waals surface area contributed by atoms with Crippen LogP contribution >= 0.6 is 0 Å². The lowest BCUT2D eigenvalue weighted by Gasteiger charge is -2.32. The highest BCUT2D eigenvalue weighted by molar-refractivity contribution is 7.92. The number of hydrogen-bond acceptors (Lipinski definition) is 6. The van der Waals surface area contributed by atoms with E-state index in [1.807, 2.05) is 0 Å². The summed E-state index contributed by atoms with van der Waals surface area (Å²) in [6, 6.07) is 16.6. The number of halogens is 1. The SMILES string of the molecule is CCNC(=O)[C@@H](C)N(Cc1cccc(OC)c1)C(=O)CN(c1ccc(F)cc1)S(=O)(=O)c1ccc(OC)cc1. The second-order valence-corrected chi connectivity index (χ2v) is 10.5. The van der Waals surface area contributed by atoms with Crippen LogP contribution in [0.25, 0.3) is 0 Å². The molecule has 0 aromatic heterocycles. The van der Waals surface area contributed by atoms with E-state index in [2.05, 4.69) is 5.32 Å². The minimum atomic E-state index is -4.27. The predicted octanol–water partition coefficient (Wildman–Crippen LogP) is 3.59. The molecule has 0 radical (unpaired) electrons. The fourth-order valence-electron chi connectivity index (χ4n) is 3.88. The largest absolute Gasteiger partial charge is 0.497 e. The van der Waals surface area contributed by atoms with Gasteiger partial charge in [0.05, 0.1) is 24.8 Å². The van der Waals surface area contributed by atoms with Gasteiger partial charge in [-0.2, -0.15) is 0 Å². The van der Waals surface area contributed by atoms with Crippen molar-refractivity contribution in [1.29, 1.82) is 0 Å². The zero-order chi connectivity index (χ0) is 28.6. The second kappa shape index (κ2) is 13.1. The molecule has 0 saturated carbocycles. The van der Waals surface area contributed by atoms with Crippen LogP contribution in [0.1, 0.15) is 19.4 Å². The Labute approximate surface area is 228 Å². The lowest BCUT2D eigenvalue weighted by molar-refractivity contribution is -0.139. The molecule has 0 aliphatic heterocycles. The molecule has 1 atom stereocenters. The van der Waals surface area contributed by atoms with Gasteiger partial charge in [0, 0.05) is 13.1 Å². The molecule has 11 heteroatoms. The Kier molecular flexibility index (Phi) is 9.89. The summed E-state index contributed by atoms with van der Waals surface area (Å²) in [6.07, 6.45) is 0. The molecule has 3 rings (SSSR count). The van der Waals surface area contributed by atoms with Crippen LogP contribution in [0.5, 0.6) is 11.5 Å². The minimum Gasteiger partial charge on any atom is -0.497 e. The highest BCUT2D eigenvalue weighted by Gasteiger charge is 2.32. The summed E-state index contributed by atoms with van der Waals surface area (Å²) < 4.78 is 52.5. The van der Waals surface area contributed by atoms with Crippen LogP contribution in [0.2, 0.25) is 0 Å². The number of carbonyl (C=O) groups excluding carboxylic acids is 2. The van der Waals surface area contributed by atoms with Crippen LogP contribution in [-0.4, -0.2) is 58.5 Å². The number of likely N-dealkylation sites (N-methyl/N-ethyl adjacent to an activating group) is 1. The van der Waals surface area contributed by atoms with Gasteiger partial charge in [-0.15, -0.1) is 0 Å². The van der Waals surface area contributed by atoms with Gasteiger partial charge >= 0.3 is 0 Å². The van der Waals surface area contributed by atoms with Gasteiger partial charge in [0.1, 0.15) is 29.9 Å². The Morgan fingerprint density at radius 1 is 0.949 bits per heavy atom. The molecular formula is C28H32FN3O6S. The van der Waals surface area contributed by atoms with Gasteiger partial charge in [0.2, 0.25) is 11.8 Å². The average Bonchev–Trinajstić information content (AvgIpc) is 2.94. The van der Waals surface area contributed by atoms with E-state index in [1.165, 1.54) is 55.5 Å². The summed E-state index contributed by atoms with van der Waals surface area (Å²) in [6.45, 7) is 3.08. The number of hydrogen-bond donors (Lipinski definition) is 1. The molecule has 208 valence electrons. The molecule has 3 aromatic carbocycles. The summed E-state index contributed by atoms with van der Waals surface area (Å²) in [7, 11) is -1.30. The Hall–Kier alpha value is -4.12. The van der Waals surface area contributed by atoms with E-state index < -0.39 is 34.3 Å². The van der Waals surface area contributed by atoms with Crippen LogP contribution in [0.15, 0.2) is 77.7 Å². The van der Waals surface area contributed by atoms with E-state index in [0.717, 1.165) is 16.4 Å². The number of amides is 2. The Morgan fingerprint density at radius 2 is 1.59 bits per heavy atom. The van der Waals surface area contributed by atoms with E-state index in [1.54, 1.807) is 38.1 Å². The summed E-state index contributed by atoms with van der Waals surface area (Å²) in [4.78, 5) is 27.8. The molecule has 0 fully saturated rings. The Balaban J connectivity index is 2.02. The van der Waals surface area contributed by atoms with Crippen molar-refractivity contribution in [2.45, 2.75) is 31.3 Å². The first-order valence-electron chi connectivity index (χ1n) is 12.2. The van der Waals surface area contributed by atoms with E-state index in [9.17, 15) is 22.4 Å². The fourth-order valence-corrected chi connectivity index (χ4v) is 5.30. The number of ether oxygens (including phenoxy) is 2. The first-order chi connectivity index (χ1) is 18.6. The lowest BCUT2D eigenvalue weighted by Crippen LogP contribution is -2.51. The maximum absolute atomic E-state index is 13.8. The van der Waals surface area contributed by atoms with Crippen molar-refractivity contribution in [3.8, 4) is 11.5 Å². The second-order valence-electron chi connectivity index (χ2n) is 8.61. The molecule has 0 aliphatic carbocycles. The molecule has 0 unspecified atom stereocenters. The average molecular weight is 558 g/mol. The van der Waals surface area contributed by atoms with Crippen LogP contribution < -0.4 is 19.1 Å². The maximum Gasteiger partial charge on any atom is 0.264 e. The highest BCUT2D eigenvalue weighted by Crippen LogP contribution is 2.26. The molecule has 9 nitrogen and oxygen atoms in total. The van der Waals surface area contributed by atoms with E-state index >= 15 is 0 Å². The third kappa shape index (κ3) is 7.26. The van der Waals surface area contributed by atoms with Crippen molar-refractivity contribution in [2.75, 3.05) is 31.6 Å². The first-order valence-corrected chi connectivity index (χ1v) is 13.7. The van der Waals surface area contributed by atoms with Crippen molar-refractivity contribution in [3.63, 3.8) is 0 Å². The minimum absolute atomic E-state index is 0.0220. The fraction of sp³-hybridized carbons (Fsp3) is 0.286. The zero-order valence-electron chi connectivity index (χ0n) is 22.3. The molecule has 0 heterocycles. The molecule has 0 spiro atoms. The lowest BCUT2D eigenvalue weighted by atomic mass is 10.1. The van der Waals surface area contributed by atoms with E-state index in [0.29, 0.717) is 23.6 Å². The van der Waals surface area contributed by atoms with Gasteiger partial charge in [-0.1, -0.05) is 12.1 Å². The van der Waals surface area contributed by atoms with Gasteiger partial charge in [0.15, 0.2) is 0 Å². The molecule has 39 heavy (non-hydrogen) atoms. The Morgan fingerprint density at radius 3 is 2.18 bits per heavy atom. The van der Waals surface area contributed by atoms with Crippen LogP contribution in [-0.2, 0) is 26.2 Å². The number of carbonyl (C=O) groups is 2. The highest BCUT2D eigenvalue weighted by atomic mass is 32.2. The first kappa shape index (κ1) is 29.4. The van der Waals surface area contributed by atoms with Gasteiger partial charge in [-0.05, 0) is 80.1 Å². The standard InChI is InChI=1S/C28H32FN3O6S/c1-5-30-28(34)20(2)31(18-21-7-6-8-25(17-21)38-4)27(33)19-32(23-11-9-22(29)10-12-23)39(35,36)26-15-13-24(37-3)14-16-26/h6-17,20H,5,18-19H2,1-4H3,(H,30,34)/t20-/m1/s1. The molecule has 2 amide bonds. The summed E-state index contributed by atoms with van der Waals surface area (Å²) >= 11 is 0. The van der Waals surface area contributed by atoms with E-state index in [4.69, 9.17) is 9.47 Å². The summed E-state index contributed by atoms with van der Waals surface area (Å²) in [5.74, 6) is -0.548. The van der Waals surface area contributed by atoms with E-state index in [-0.39, 0.29) is 23.0 Å². The third-order valence-corrected chi connectivity index (χ3v) is 7.83. The number of anilines is 1. The van der Waals surface area contributed by atoms with Gasteiger partial charge in [0.25, 0.3) is 10.0 Å². The molecule has 3 aromatic rings. The van der Waals surface area contributed by atoms with Crippen LogP contribution in [0.4, 0.5) is 10.1 Å². The maximum atomic E-state index is 13.8. The van der Waals surface area contributed by atoms with Crippen molar-refractivity contribution in [3.05, 3.63) is 84.2 Å². The summed E-state index contributed by atoms with van der Waals surface area (Å²) in [5.41, 5.74) is 0.776. The normalized spacial score (nSPS) is 11.8. The molecule has 1 N–H and O–H groups in total. The van der Waals surface area contributed by atoms with Gasteiger partial charge in [-0.25, -0.2) is 12.8 Å². The molecule has 0 saturated heterocycles. The number of benzene rings is 3. The van der Waals surface area contributed by atoms with Crippen molar-refractivity contribution in [2.24, 2.45) is 0 Å². The van der Waals surface area contributed by atoms with Crippen molar-refractivity contribution in [1.82, 2.24) is 10.2 Å². The molecular weight excluding hydrogens is 525 g/mol. The van der Waals surface area contributed by atoms with Crippen molar-refractivity contribution >= 4 is 27.5 Å². The number of rotatable bonds is 12. The molecule has 0 aliphatic rings. The summed E-state index contributed by atoms with van der Waals surface area (Å²) in [5, 5.41) is 2.70. The number of nitrogens with one attached hydrogen (secondary N) is 1. The van der Waals surface area contributed by atoms with Gasteiger partial charge in [-0.3, -0.25) is 13.9 Å². The van der Waals surface area contributed by atoms with Crippen molar-refractivity contribution < 1.29 is 31.9 Å². The quantitative estimate of drug-likeness (QED) is 0.365. The number of sulfonamides is 1. The number of methoxy groups -OCH3 is 2. The third-order valence-electron chi connectivity index (χ3n) is 6.05. The number of nitrogens with zero attached hydrogens (tertiary/aromatic N) is 2.